The molecule has 0 aliphatic heterocycles. The van der Waals surface area contributed by atoms with E-state index in [0.29, 0.717) is 11.8 Å². The molecule has 0 radical (unpaired) electrons. The van der Waals surface area contributed by atoms with Crippen molar-refractivity contribution in [1.82, 2.24) is 20.4 Å². The second kappa shape index (κ2) is 8.83. The largest absolute Gasteiger partial charge is 0.330 e. The molecule has 5 rings (SSSR count). The lowest BCUT2D eigenvalue weighted by atomic mass is 9.54. The SMILES string of the molecule is Cc1ccccc1Nc1nnc(CC2CC(c3nnc(Nc4ccccc4C)s3)C2(C)C)s1. The third kappa shape index (κ3) is 4.50. The number of nitrogens with zero attached hydrogens (tertiary/aromatic N) is 4. The summed E-state index contributed by atoms with van der Waals surface area (Å²) in [6.07, 6.45) is 2.05. The van der Waals surface area contributed by atoms with Gasteiger partial charge < -0.3 is 10.6 Å². The first-order valence-electron chi connectivity index (χ1n) is 11.2. The molecule has 0 amide bonds. The van der Waals surface area contributed by atoms with E-state index in [0.717, 1.165) is 44.5 Å². The maximum absolute atomic E-state index is 4.53. The number of aryl methyl sites for hydroxylation is 2. The Balaban J connectivity index is 1.21. The molecule has 2 N–H and O–H groups in total. The molecule has 170 valence electrons. The Kier molecular flexibility index (Phi) is 5.88. The number of hydrogen-bond acceptors (Lipinski definition) is 8. The summed E-state index contributed by atoms with van der Waals surface area (Å²) >= 11 is 3.32. The van der Waals surface area contributed by atoms with Crippen LogP contribution in [0.4, 0.5) is 21.6 Å². The van der Waals surface area contributed by atoms with Crippen molar-refractivity contribution in [1.29, 1.82) is 0 Å². The van der Waals surface area contributed by atoms with Gasteiger partial charge in [0.2, 0.25) is 10.3 Å². The molecule has 6 nitrogen and oxygen atoms in total. The van der Waals surface area contributed by atoms with Gasteiger partial charge in [0.15, 0.2) is 0 Å². The van der Waals surface area contributed by atoms with E-state index in [1.54, 1.807) is 22.7 Å². The van der Waals surface area contributed by atoms with E-state index >= 15 is 0 Å². The van der Waals surface area contributed by atoms with Gasteiger partial charge in [-0.2, -0.15) is 0 Å². The zero-order valence-corrected chi connectivity index (χ0v) is 20.9. The smallest absolute Gasteiger partial charge is 0.210 e. The standard InChI is InChI=1S/C25H28N6S2/c1-15-9-5-7-11-19(15)26-23-30-28-21(32-23)14-17-13-18(25(17,3)4)22-29-31-24(33-22)27-20-12-8-6-10-16(20)2/h5-12,17-18H,13-14H2,1-4H3,(H,26,30)(H,27,31). The molecular formula is C25H28N6S2. The first kappa shape index (κ1) is 22.0. The van der Waals surface area contributed by atoms with Crippen LogP contribution in [-0.2, 0) is 6.42 Å². The van der Waals surface area contributed by atoms with Gasteiger partial charge in [-0.15, -0.1) is 20.4 Å². The summed E-state index contributed by atoms with van der Waals surface area (Å²) < 4.78 is 0. The Morgan fingerprint density at radius 3 is 2.00 bits per heavy atom. The average molecular weight is 477 g/mol. The first-order valence-corrected chi connectivity index (χ1v) is 12.8. The maximum Gasteiger partial charge on any atom is 0.210 e. The molecule has 1 fully saturated rings. The highest BCUT2D eigenvalue weighted by Crippen LogP contribution is 2.58. The van der Waals surface area contributed by atoms with E-state index in [1.807, 2.05) is 24.3 Å². The van der Waals surface area contributed by atoms with Crippen LogP contribution in [0.25, 0.3) is 0 Å². The minimum Gasteiger partial charge on any atom is -0.330 e. The summed E-state index contributed by atoms with van der Waals surface area (Å²) in [6, 6.07) is 16.5. The second-order valence-corrected chi connectivity index (χ2v) is 11.4. The Morgan fingerprint density at radius 1 is 0.818 bits per heavy atom. The van der Waals surface area contributed by atoms with Gasteiger partial charge in [0.1, 0.15) is 10.0 Å². The number of aromatic nitrogens is 4. The van der Waals surface area contributed by atoms with Gasteiger partial charge in [-0.05, 0) is 54.9 Å². The number of hydrogen-bond donors (Lipinski definition) is 2. The van der Waals surface area contributed by atoms with Crippen molar-refractivity contribution in [2.45, 2.75) is 46.5 Å². The Labute approximate surface area is 202 Å². The van der Waals surface area contributed by atoms with Gasteiger partial charge in [0.05, 0.1) is 0 Å². The molecule has 8 heteroatoms. The fraction of sp³-hybridized carbons (Fsp3) is 0.360. The molecule has 1 saturated carbocycles. The zero-order chi connectivity index (χ0) is 23.0. The molecule has 4 aromatic rings. The van der Waals surface area contributed by atoms with Crippen molar-refractivity contribution in [3.63, 3.8) is 0 Å². The predicted octanol–water partition coefficient (Wildman–Crippen LogP) is 6.87. The number of para-hydroxylation sites is 2. The van der Waals surface area contributed by atoms with Crippen molar-refractivity contribution >= 4 is 44.3 Å². The molecule has 2 aromatic carbocycles. The number of nitrogens with one attached hydrogen (secondary N) is 2. The molecule has 0 spiro atoms. The lowest BCUT2D eigenvalue weighted by Crippen LogP contribution is -2.44. The highest BCUT2D eigenvalue weighted by atomic mass is 32.1. The van der Waals surface area contributed by atoms with E-state index in [9.17, 15) is 0 Å². The van der Waals surface area contributed by atoms with Crippen molar-refractivity contribution in [3.05, 3.63) is 69.7 Å². The van der Waals surface area contributed by atoms with E-state index in [1.165, 1.54) is 11.1 Å². The van der Waals surface area contributed by atoms with Gasteiger partial charge in [-0.25, -0.2) is 0 Å². The summed E-state index contributed by atoms with van der Waals surface area (Å²) in [7, 11) is 0. The minimum absolute atomic E-state index is 0.148. The first-order chi connectivity index (χ1) is 15.9. The zero-order valence-electron chi connectivity index (χ0n) is 19.3. The summed E-state index contributed by atoms with van der Waals surface area (Å²) in [5.74, 6) is 0.975. The van der Waals surface area contributed by atoms with Crippen LogP contribution in [-0.4, -0.2) is 20.4 Å². The van der Waals surface area contributed by atoms with Crippen LogP contribution >= 0.6 is 22.7 Å². The van der Waals surface area contributed by atoms with Gasteiger partial charge >= 0.3 is 0 Å². The lowest BCUT2D eigenvalue weighted by molar-refractivity contribution is 0.0329. The van der Waals surface area contributed by atoms with Crippen molar-refractivity contribution in [2.24, 2.45) is 11.3 Å². The van der Waals surface area contributed by atoms with Crippen LogP contribution in [0.3, 0.4) is 0 Å². The normalized spacial score (nSPS) is 19.2. The van der Waals surface area contributed by atoms with E-state index in [2.05, 4.69) is 83.0 Å². The highest BCUT2D eigenvalue weighted by molar-refractivity contribution is 7.15. The molecular weight excluding hydrogens is 448 g/mol. The van der Waals surface area contributed by atoms with Gasteiger partial charge in [-0.3, -0.25) is 0 Å². The van der Waals surface area contributed by atoms with Crippen molar-refractivity contribution < 1.29 is 0 Å². The van der Waals surface area contributed by atoms with Gasteiger partial charge in [-0.1, -0.05) is 72.9 Å². The fourth-order valence-electron chi connectivity index (χ4n) is 4.46. The van der Waals surface area contributed by atoms with Crippen molar-refractivity contribution in [3.8, 4) is 0 Å². The maximum atomic E-state index is 4.53. The monoisotopic (exact) mass is 476 g/mol. The third-order valence-corrected chi connectivity index (χ3v) is 8.68. The van der Waals surface area contributed by atoms with E-state index in [-0.39, 0.29) is 5.41 Å². The van der Waals surface area contributed by atoms with Crippen LogP contribution < -0.4 is 10.6 Å². The molecule has 2 aromatic heterocycles. The predicted molar refractivity (Wildman–Crippen MR) is 137 cm³/mol. The van der Waals surface area contributed by atoms with Gasteiger partial charge in [0, 0.05) is 23.7 Å². The molecule has 2 atom stereocenters. The summed E-state index contributed by atoms with van der Waals surface area (Å²) in [5.41, 5.74) is 4.71. The summed E-state index contributed by atoms with van der Waals surface area (Å²) in [6.45, 7) is 8.88. The van der Waals surface area contributed by atoms with Crippen LogP contribution in [0.2, 0.25) is 0 Å². The molecule has 0 bridgehead atoms. The molecule has 1 aliphatic carbocycles. The number of rotatable bonds is 7. The van der Waals surface area contributed by atoms with E-state index in [4.69, 9.17) is 0 Å². The molecule has 0 saturated heterocycles. The molecule has 2 unspecified atom stereocenters. The summed E-state index contributed by atoms with van der Waals surface area (Å²) in [5, 5.41) is 28.5. The third-order valence-electron chi connectivity index (χ3n) is 6.87. The topological polar surface area (TPSA) is 75.6 Å². The average Bonchev–Trinajstić information content (AvgIpc) is 3.43. The Hall–Kier alpha value is -2.84. The molecule has 2 heterocycles. The van der Waals surface area contributed by atoms with Crippen LogP contribution in [0.5, 0.6) is 0 Å². The van der Waals surface area contributed by atoms with Crippen molar-refractivity contribution in [2.75, 3.05) is 10.6 Å². The van der Waals surface area contributed by atoms with Gasteiger partial charge in [0.25, 0.3) is 0 Å². The Morgan fingerprint density at radius 2 is 1.39 bits per heavy atom. The molecule has 1 aliphatic rings. The Bertz CT molecular complexity index is 1260. The second-order valence-electron chi connectivity index (χ2n) is 9.34. The molecule has 33 heavy (non-hydrogen) atoms. The van der Waals surface area contributed by atoms with Crippen LogP contribution in [0.1, 0.15) is 47.3 Å². The number of benzene rings is 2. The highest BCUT2D eigenvalue weighted by Gasteiger charge is 2.50. The number of anilines is 4. The van der Waals surface area contributed by atoms with E-state index < -0.39 is 0 Å². The van der Waals surface area contributed by atoms with Crippen LogP contribution in [0.15, 0.2) is 48.5 Å². The lowest BCUT2D eigenvalue weighted by Gasteiger charge is -2.51. The summed E-state index contributed by atoms with van der Waals surface area (Å²) in [4.78, 5) is 0. The quantitative estimate of drug-likeness (QED) is 0.303. The minimum atomic E-state index is 0.148. The fourth-order valence-corrected chi connectivity index (χ4v) is 6.36. The van der Waals surface area contributed by atoms with Crippen LogP contribution in [0, 0.1) is 25.2 Å².